The third kappa shape index (κ3) is 5.31. The first kappa shape index (κ1) is 32.8. The van der Waals surface area contributed by atoms with Gasteiger partial charge in [-0.25, -0.2) is 0 Å². The average Bonchev–Trinajstić information content (AvgIpc) is 3.11. The molecule has 0 aromatic heterocycles. The molecule has 254 valence electrons. The normalized spacial score (nSPS) is 16.0. The molecule has 0 saturated carbocycles. The Morgan fingerprint density at radius 3 is 1.37 bits per heavy atom. The Hall–Kier alpha value is -5.34. The highest BCUT2D eigenvalue weighted by Crippen LogP contribution is 2.48. The smallest absolute Gasteiger partial charge is 0.0540 e. The van der Waals surface area contributed by atoms with E-state index >= 15 is 0 Å². The molecule has 0 fully saturated rings. The van der Waals surface area contributed by atoms with E-state index in [1.165, 1.54) is 105 Å². The molecule has 2 aliphatic carbocycles. The van der Waals surface area contributed by atoms with E-state index in [-0.39, 0.29) is 5.41 Å². The van der Waals surface area contributed by atoms with Crippen molar-refractivity contribution in [3.8, 4) is 0 Å². The van der Waals surface area contributed by atoms with Crippen molar-refractivity contribution in [2.75, 3.05) is 9.80 Å². The van der Waals surface area contributed by atoms with Crippen LogP contribution in [0.3, 0.4) is 0 Å². The predicted molar refractivity (Wildman–Crippen MR) is 220 cm³/mol. The van der Waals surface area contributed by atoms with Gasteiger partial charge in [0.25, 0.3) is 0 Å². The van der Waals surface area contributed by atoms with Crippen LogP contribution in [0.2, 0.25) is 0 Å². The Kier molecular flexibility index (Phi) is 7.83. The summed E-state index contributed by atoms with van der Waals surface area (Å²) < 4.78 is 0. The Labute approximate surface area is 303 Å². The lowest BCUT2D eigenvalue weighted by Gasteiger charge is -2.44. The van der Waals surface area contributed by atoms with E-state index in [1.54, 1.807) is 0 Å². The SMILES string of the molecule is Cc1ccc(N(C2=CC=c3ccc4c(N(c5ccc(C)c(C)c5)c5ccc(C)c(C)c5)ccc5c4c3C2(C)CC=5)c2ccc(C)c(C)c2)cc1C. The number of rotatable bonds is 6. The second-order valence-corrected chi connectivity index (χ2v) is 15.3. The maximum Gasteiger partial charge on any atom is 0.0540 e. The lowest BCUT2D eigenvalue weighted by Crippen LogP contribution is -2.42. The van der Waals surface area contributed by atoms with Crippen LogP contribution >= 0.6 is 0 Å². The second kappa shape index (κ2) is 12.2. The van der Waals surface area contributed by atoms with Gasteiger partial charge in [0.2, 0.25) is 0 Å². The Morgan fingerprint density at radius 1 is 0.451 bits per heavy atom. The fourth-order valence-corrected chi connectivity index (χ4v) is 8.21. The molecule has 0 aliphatic heterocycles. The number of aryl methyl sites for hydroxylation is 8. The lowest BCUT2D eigenvalue weighted by molar-refractivity contribution is 0.562. The molecule has 6 aromatic carbocycles. The van der Waals surface area contributed by atoms with Gasteiger partial charge in [0, 0.05) is 39.2 Å². The van der Waals surface area contributed by atoms with Gasteiger partial charge in [0.05, 0.1) is 5.69 Å². The molecular weight excluding hydrogens is 617 g/mol. The molecule has 1 unspecified atom stereocenters. The Balaban J connectivity index is 1.37. The quantitative estimate of drug-likeness (QED) is 0.175. The Morgan fingerprint density at radius 2 is 0.902 bits per heavy atom. The van der Waals surface area contributed by atoms with Gasteiger partial charge in [-0.3, -0.25) is 0 Å². The molecular formula is C49H48N2. The maximum atomic E-state index is 2.52. The standard InChI is InChI=1S/C49H48N2/c1-30-10-17-40(26-34(30)5)50(41-18-11-31(2)35(6)27-41)45-22-15-38-24-25-49(9)46(23-16-39-14-21-44(45)47(38)48(39)49)51(42-19-12-32(3)36(7)28-42)43-20-13-33(4)37(8)29-43/h10-24,26-29H,25H2,1-9H3. The van der Waals surface area contributed by atoms with E-state index in [2.05, 4.69) is 187 Å². The van der Waals surface area contributed by atoms with Crippen LogP contribution in [-0.4, -0.2) is 0 Å². The van der Waals surface area contributed by atoms with Crippen molar-refractivity contribution >= 4 is 51.4 Å². The van der Waals surface area contributed by atoms with Crippen molar-refractivity contribution in [3.63, 3.8) is 0 Å². The topological polar surface area (TPSA) is 6.48 Å². The van der Waals surface area contributed by atoms with Crippen LogP contribution in [0.1, 0.15) is 63.4 Å². The fourth-order valence-electron chi connectivity index (χ4n) is 8.21. The molecule has 0 N–H and O–H groups in total. The van der Waals surface area contributed by atoms with Crippen molar-refractivity contribution in [1.29, 1.82) is 0 Å². The molecule has 2 nitrogen and oxygen atoms in total. The molecule has 2 heteroatoms. The molecule has 0 radical (unpaired) electrons. The van der Waals surface area contributed by atoms with Crippen LogP contribution in [-0.2, 0) is 5.41 Å². The zero-order valence-electron chi connectivity index (χ0n) is 31.6. The summed E-state index contributed by atoms with van der Waals surface area (Å²) in [4.78, 5) is 4.99. The zero-order valence-corrected chi connectivity index (χ0v) is 31.6. The second-order valence-electron chi connectivity index (χ2n) is 15.3. The minimum atomic E-state index is -0.251. The van der Waals surface area contributed by atoms with Crippen LogP contribution in [0, 0.1) is 55.4 Å². The van der Waals surface area contributed by atoms with E-state index in [0.717, 1.165) is 6.42 Å². The van der Waals surface area contributed by atoms with Crippen LogP contribution in [0.5, 0.6) is 0 Å². The molecule has 0 heterocycles. The van der Waals surface area contributed by atoms with Gasteiger partial charge in [0.15, 0.2) is 0 Å². The highest BCUT2D eigenvalue weighted by Gasteiger charge is 2.40. The highest BCUT2D eigenvalue weighted by molar-refractivity contribution is 6.03. The van der Waals surface area contributed by atoms with Crippen molar-refractivity contribution in [3.05, 3.63) is 169 Å². The molecule has 0 amide bonds. The van der Waals surface area contributed by atoms with Crippen molar-refractivity contribution in [2.45, 2.75) is 74.1 Å². The number of hydrogen-bond acceptors (Lipinski definition) is 2. The van der Waals surface area contributed by atoms with E-state index in [0.29, 0.717) is 0 Å². The monoisotopic (exact) mass is 664 g/mol. The minimum absolute atomic E-state index is 0.251. The number of nitrogens with zero attached hydrogens (tertiary/aromatic N) is 2. The number of allylic oxidation sites excluding steroid dienone is 2. The van der Waals surface area contributed by atoms with E-state index in [1.807, 2.05) is 0 Å². The first-order valence-electron chi connectivity index (χ1n) is 18.3. The number of anilines is 5. The minimum Gasteiger partial charge on any atom is -0.313 e. The predicted octanol–water partition coefficient (Wildman–Crippen LogP) is 11.7. The summed E-state index contributed by atoms with van der Waals surface area (Å²) in [5.41, 5.74) is 18.9. The van der Waals surface area contributed by atoms with Crippen molar-refractivity contribution in [2.24, 2.45) is 0 Å². The van der Waals surface area contributed by atoms with Gasteiger partial charge < -0.3 is 9.80 Å². The molecule has 1 atom stereocenters. The fraction of sp³-hybridized carbons (Fsp3) is 0.224. The molecule has 6 aromatic rings. The first-order chi connectivity index (χ1) is 24.4. The zero-order chi connectivity index (χ0) is 35.8. The van der Waals surface area contributed by atoms with Crippen LogP contribution in [0.4, 0.5) is 28.4 Å². The molecule has 0 saturated heterocycles. The van der Waals surface area contributed by atoms with Crippen molar-refractivity contribution in [1.82, 2.24) is 0 Å². The van der Waals surface area contributed by atoms with E-state index in [9.17, 15) is 0 Å². The third-order valence-electron chi connectivity index (χ3n) is 12.0. The summed E-state index contributed by atoms with van der Waals surface area (Å²) in [6.45, 7) is 20.1. The summed E-state index contributed by atoms with van der Waals surface area (Å²) in [6, 6.07) is 37.0. The first-order valence-corrected chi connectivity index (χ1v) is 18.3. The van der Waals surface area contributed by atoms with Gasteiger partial charge in [0.1, 0.15) is 0 Å². The average molecular weight is 665 g/mol. The van der Waals surface area contributed by atoms with Gasteiger partial charge in [-0.15, -0.1) is 0 Å². The van der Waals surface area contributed by atoms with Crippen LogP contribution in [0.15, 0.2) is 109 Å². The maximum absolute atomic E-state index is 2.52. The third-order valence-corrected chi connectivity index (χ3v) is 12.0. The summed E-state index contributed by atoms with van der Waals surface area (Å²) in [7, 11) is 0. The summed E-state index contributed by atoms with van der Waals surface area (Å²) >= 11 is 0. The molecule has 0 bridgehead atoms. The lowest BCUT2D eigenvalue weighted by atomic mass is 9.68. The van der Waals surface area contributed by atoms with Gasteiger partial charge in [-0.1, -0.05) is 54.6 Å². The summed E-state index contributed by atoms with van der Waals surface area (Å²) in [5.74, 6) is 0. The van der Waals surface area contributed by atoms with E-state index in [4.69, 9.17) is 0 Å². The summed E-state index contributed by atoms with van der Waals surface area (Å²) in [5, 5.41) is 5.27. The largest absolute Gasteiger partial charge is 0.313 e. The van der Waals surface area contributed by atoms with Gasteiger partial charge in [-0.2, -0.15) is 0 Å². The Bertz CT molecular complexity index is 2460. The molecule has 2 aliphatic rings. The van der Waals surface area contributed by atoms with Gasteiger partial charge >= 0.3 is 0 Å². The summed E-state index contributed by atoms with van der Waals surface area (Å²) in [6.07, 6.45) is 8.15. The highest BCUT2D eigenvalue weighted by atomic mass is 15.2. The van der Waals surface area contributed by atoms with Crippen LogP contribution < -0.4 is 20.2 Å². The van der Waals surface area contributed by atoms with Gasteiger partial charge in [-0.05, 0) is 195 Å². The molecule has 8 rings (SSSR count). The molecule has 0 spiro atoms. The molecule has 51 heavy (non-hydrogen) atoms. The number of benzene rings is 6. The van der Waals surface area contributed by atoms with Crippen LogP contribution in [0.25, 0.3) is 22.9 Å². The van der Waals surface area contributed by atoms with E-state index < -0.39 is 0 Å². The number of hydrogen-bond donors (Lipinski definition) is 0. The van der Waals surface area contributed by atoms with Crippen molar-refractivity contribution < 1.29 is 0 Å².